The van der Waals surface area contributed by atoms with Crippen molar-refractivity contribution in [3.8, 4) is 0 Å². The molecule has 0 atom stereocenters. The summed E-state index contributed by atoms with van der Waals surface area (Å²) in [5, 5.41) is 0. The Morgan fingerprint density at radius 1 is 1.35 bits per heavy atom. The highest BCUT2D eigenvalue weighted by Crippen LogP contribution is 2.17. The van der Waals surface area contributed by atoms with Crippen LogP contribution in [0.1, 0.15) is 37.7 Å². The summed E-state index contributed by atoms with van der Waals surface area (Å²) < 4.78 is 35.1. The molecule has 1 aliphatic rings. The van der Waals surface area contributed by atoms with Crippen molar-refractivity contribution in [3.63, 3.8) is 0 Å². The maximum Gasteiger partial charge on any atom is 0.214 e. The van der Waals surface area contributed by atoms with Crippen LogP contribution in [0.2, 0.25) is 0 Å². The van der Waals surface area contributed by atoms with Gasteiger partial charge in [-0.15, -0.1) is 11.5 Å². The number of hydrogen-bond donors (Lipinski definition) is 3. The van der Waals surface area contributed by atoms with E-state index >= 15 is 0 Å². The first-order chi connectivity index (χ1) is 11.2. The van der Waals surface area contributed by atoms with E-state index < -0.39 is 10.0 Å². The lowest BCUT2D eigenvalue weighted by Gasteiger charge is -2.22. The Morgan fingerprint density at radius 2 is 2.17 bits per heavy atom. The fourth-order valence-electron chi connectivity index (χ4n) is 2.46. The van der Waals surface area contributed by atoms with Crippen molar-refractivity contribution < 1.29 is 13.2 Å². The number of sulfonamides is 1. The number of nitrogens with zero attached hydrogens (tertiary/aromatic N) is 1. The van der Waals surface area contributed by atoms with Crippen molar-refractivity contribution in [2.24, 2.45) is 0 Å². The SMILES string of the molecule is O=S(=O)(CCOC=[SH]NCc1cccnc1)NC1CCCCC1. The smallest absolute Gasteiger partial charge is 0.214 e. The zero-order valence-electron chi connectivity index (χ0n) is 13.1. The molecule has 0 spiro atoms. The average molecular weight is 360 g/mol. The first-order valence-electron chi connectivity index (χ1n) is 7.91. The molecule has 0 unspecified atom stereocenters. The average Bonchev–Trinajstić information content (AvgIpc) is 2.55. The molecule has 0 radical (unpaired) electrons. The fourth-order valence-corrected chi connectivity index (χ4v) is 4.16. The van der Waals surface area contributed by atoms with Gasteiger partial charge in [0.25, 0.3) is 0 Å². The maximum atomic E-state index is 11.9. The summed E-state index contributed by atoms with van der Waals surface area (Å²) in [6.07, 6.45) is 8.86. The topological polar surface area (TPSA) is 80.3 Å². The molecule has 0 aliphatic heterocycles. The number of hydrogen-bond acceptors (Lipinski definition) is 5. The molecule has 1 aromatic rings. The van der Waals surface area contributed by atoms with Crippen molar-refractivity contribution in [2.45, 2.75) is 44.7 Å². The van der Waals surface area contributed by atoms with Crippen LogP contribution in [-0.4, -0.2) is 37.4 Å². The number of nitrogens with one attached hydrogen (secondary N) is 2. The molecule has 1 heterocycles. The van der Waals surface area contributed by atoms with Gasteiger partial charge in [-0.3, -0.25) is 9.71 Å². The summed E-state index contributed by atoms with van der Waals surface area (Å²) in [6.45, 7) is 0.862. The Kier molecular flexibility index (Phi) is 8.18. The second kappa shape index (κ2) is 10.1. The van der Waals surface area contributed by atoms with Crippen LogP contribution in [0.4, 0.5) is 0 Å². The number of ether oxygens (including phenoxy) is 1. The summed E-state index contributed by atoms with van der Waals surface area (Å²) in [5.74, 6) is -0.00186. The van der Waals surface area contributed by atoms with E-state index in [0.29, 0.717) is 6.54 Å². The molecule has 1 fully saturated rings. The lowest BCUT2D eigenvalue weighted by atomic mass is 9.96. The van der Waals surface area contributed by atoms with Gasteiger partial charge in [-0.1, -0.05) is 25.3 Å². The number of aromatic nitrogens is 1. The Bertz CT molecular complexity index is 573. The molecule has 8 heteroatoms. The summed E-state index contributed by atoms with van der Waals surface area (Å²) in [4.78, 5) is 4.03. The summed E-state index contributed by atoms with van der Waals surface area (Å²) in [7, 11) is -3.24. The van der Waals surface area contributed by atoms with E-state index in [2.05, 4.69) is 14.4 Å². The highest BCUT2D eigenvalue weighted by atomic mass is 32.2. The van der Waals surface area contributed by atoms with E-state index in [9.17, 15) is 8.42 Å². The molecule has 0 aromatic carbocycles. The monoisotopic (exact) mass is 359 g/mol. The molecule has 2 rings (SSSR count). The standard InChI is InChI=1S/C15H25N3O3S2/c19-23(20,18-15-6-2-1-3-7-15)10-9-21-13-22-17-12-14-5-4-8-16-11-14/h4-5,8,11,13,15,17-18,22H,1-3,6-7,9-10,12H2. The molecule has 0 saturated heterocycles. The normalized spacial score (nSPS) is 17.2. The molecule has 2 N–H and O–H groups in total. The van der Waals surface area contributed by atoms with E-state index in [1.807, 2.05) is 12.1 Å². The molecule has 1 aliphatic carbocycles. The molecular weight excluding hydrogens is 334 g/mol. The van der Waals surface area contributed by atoms with E-state index in [0.717, 1.165) is 42.8 Å². The van der Waals surface area contributed by atoms with Gasteiger partial charge in [0.2, 0.25) is 10.0 Å². The van der Waals surface area contributed by atoms with Crippen molar-refractivity contribution in [2.75, 3.05) is 12.4 Å². The van der Waals surface area contributed by atoms with Crippen molar-refractivity contribution in [1.82, 2.24) is 14.4 Å². The Labute approximate surface area is 142 Å². The van der Waals surface area contributed by atoms with Crippen LogP contribution in [0.5, 0.6) is 0 Å². The van der Waals surface area contributed by atoms with Crippen LogP contribution in [-0.2, 0) is 21.3 Å². The van der Waals surface area contributed by atoms with Gasteiger partial charge in [0.15, 0.2) is 0 Å². The molecule has 130 valence electrons. The lowest BCUT2D eigenvalue weighted by Crippen LogP contribution is -2.38. The summed E-state index contributed by atoms with van der Waals surface area (Å²) >= 11 is 0.805. The largest absolute Gasteiger partial charge is 0.346 e. The number of pyridine rings is 1. The fraction of sp³-hybridized carbons (Fsp3) is 0.600. The second-order valence-corrected chi connectivity index (χ2v) is 8.23. The van der Waals surface area contributed by atoms with Crippen LogP contribution in [0.3, 0.4) is 0 Å². The van der Waals surface area contributed by atoms with Gasteiger partial charge in [0, 0.05) is 25.0 Å². The predicted molar refractivity (Wildman–Crippen MR) is 95.9 cm³/mol. The molecule has 6 nitrogen and oxygen atoms in total. The highest BCUT2D eigenvalue weighted by Gasteiger charge is 2.19. The molecule has 0 bridgehead atoms. The molecular formula is C15H25N3O3S2. The Balaban J connectivity index is 1.57. The molecule has 23 heavy (non-hydrogen) atoms. The minimum Gasteiger partial charge on any atom is -0.346 e. The van der Waals surface area contributed by atoms with Crippen LogP contribution < -0.4 is 9.44 Å². The van der Waals surface area contributed by atoms with Gasteiger partial charge < -0.3 is 4.74 Å². The molecule has 1 aromatic heterocycles. The third kappa shape index (κ3) is 8.03. The first kappa shape index (κ1) is 18.5. The predicted octanol–water partition coefficient (Wildman–Crippen LogP) is 1.58. The van der Waals surface area contributed by atoms with Crippen LogP contribution in [0.25, 0.3) is 0 Å². The second-order valence-electron chi connectivity index (χ2n) is 5.57. The highest BCUT2D eigenvalue weighted by molar-refractivity contribution is 7.95. The minimum absolute atomic E-state index is 0.00186. The van der Waals surface area contributed by atoms with E-state index in [4.69, 9.17) is 4.74 Å². The van der Waals surface area contributed by atoms with Crippen molar-refractivity contribution in [3.05, 3.63) is 30.1 Å². The number of thiol groups is 1. The zero-order valence-corrected chi connectivity index (χ0v) is 14.9. The minimum atomic E-state index is -3.24. The van der Waals surface area contributed by atoms with Crippen LogP contribution in [0.15, 0.2) is 24.5 Å². The lowest BCUT2D eigenvalue weighted by molar-refractivity contribution is 0.349. The van der Waals surface area contributed by atoms with E-state index in [-0.39, 0.29) is 18.4 Å². The quantitative estimate of drug-likeness (QED) is 0.354. The van der Waals surface area contributed by atoms with Gasteiger partial charge in [0.05, 0.1) is 17.9 Å². The third-order valence-corrected chi connectivity index (χ3v) is 5.64. The maximum absolute atomic E-state index is 11.9. The summed E-state index contributed by atoms with van der Waals surface area (Å²) in [5.41, 5.74) is 2.67. The zero-order chi connectivity index (χ0) is 16.4. The Morgan fingerprint density at radius 3 is 2.91 bits per heavy atom. The van der Waals surface area contributed by atoms with E-state index in [1.54, 1.807) is 17.9 Å². The Hall–Kier alpha value is -0.800. The van der Waals surface area contributed by atoms with Crippen LogP contribution in [0, 0.1) is 0 Å². The van der Waals surface area contributed by atoms with Crippen molar-refractivity contribution in [1.29, 1.82) is 0 Å². The summed E-state index contributed by atoms with van der Waals surface area (Å²) in [6, 6.07) is 3.98. The number of rotatable bonds is 9. The van der Waals surface area contributed by atoms with Crippen molar-refractivity contribution >= 4 is 27.1 Å². The van der Waals surface area contributed by atoms with Gasteiger partial charge in [-0.2, -0.15) is 0 Å². The molecule has 1 saturated carbocycles. The van der Waals surface area contributed by atoms with Gasteiger partial charge in [-0.25, -0.2) is 13.1 Å². The van der Waals surface area contributed by atoms with Crippen LogP contribution >= 0.6 is 11.5 Å². The third-order valence-electron chi connectivity index (χ3n) is 3.65. The van der Waals surface area contributed by atoms with Gasteiger partial charge in [0.1, 0.15) is 0 Å². The van der Waals surface area contributed by atoms with Gasteiger partial charge >= 0.3 is 0 Å². The molecule has 0 amide bonds. The van der Waals surface area contributed by atoms with E-state index in [1.165, 1.54) is 6.42 Å². The van der Waals surface area contributed by atoms with Gasteiger partial charge in [-0.05, 0) is 24.5 Å². The first-order valence-corrected chi connectivity index (χ1v) is 10.5.